The molecule has 0 N–H and O–H groups in total. The third kappa shape index (κ3) is 4.77. The fourth-order valence-electron chi connectivity index (χ4n) is 1.88. The third-order valence-corrected chi connectivity index (χ3v) is 3.89. The Morgan fingerprint density at radius 1 is 1.00 bits per heavy atom. The molecule has 0 aliphatic carbocycles. The molecule has 102 valence electrons. The van der Waals surface area contributed by atoms with Crippen molar-refractivity contribution in [3.63, 3.8) is 0 Å². The highest BCUT2D eigenvalue weighted by Gasteiger charge is 2.09. The highest BCUT2D eigenvalue weighted by molar-refractivity contribution is 6.35. The summed E-state index contributed by atoms with van der Waals surface area (Å²) in [6.07, 6.45) is 0. The van der Waals surface area contributed by atoms with Crippen LogP contribution in [-0.4, -0.2) is 43.0 Å². The van der Waals surface area contributed by atoms with Crippen molar-refractivity contribution in [3.8, 4) is 0 Å². The quantitative estimate of drug-likeness (QED) is 0.754. The van der Waals surface area contributed by atoms with Gasteiger partial charge in [0.15, 0.2) is 0 Å². The summed E-state index contributed by atoms with van der Waals surface area (Å²) in [5, 5.41) is 1.49. The summed E-state index contributed by atoms with van der Waals surface area (Å²) in [5.74, 6) is 0. The topological polar surface area (TPSA) is 6.48 Å². The van der Waals surface area contributed by atoms with E-state index in [1.807, 2.05) is 18.2 Å². The van der Waals surface area contributed by atoms with Gasteiger partial charge in [-0.05, 0) is 32.3 Å². The summed E-state index contributed by atoms with van der Waals surface area (Å²) in [6.45, 7) is 9.45. The van der Waals surface area contributed by atoms with Crippen LogP contribution in [0, 0.1) is 0 Å². The van der Waals surface area contributed by atoms with Crippen molar-refractivity contribution in [2.75, 3.05) is 33.2 Å². The van der Waals surface area contributed by atoms with E-state index in [4.69, 9.17) is 23.2 Å². The molecule has 0 fully saturated rings. The first kappa shape index (κ1) is 15.8. The minimum atomic E-state index is 0.747. The fraction of sp³-hybridized carbons (Fsp3) is 0.571. The first-order valence-corrected chi connectivity index (χ1v) is 7.17. The average molecular weight is 289 g/mol. The maximum absolute atomic E-state index is 6.17. The lowest BCUT2D eigenvalue weighted by molar-refractivity contribution is 0.236. The standard InChI is InChI=1S/C14H22Cl2N2/c1-4-18(5-2)10-9-17(3)11-12-13(15)7-6-8-14(12)16/h6-8H,4-5,9-11H2,1-3H3. The van der Waals surface area contributed by atoms with Crippen molar-refractivity contribution >= 4 is 23.2 Å². The van der Waals surface area contributed by atoms with Gasteiger partial charge in [0.05, 0.1) is 0 Å². The van der Waals surface area contributed by atoms with Crippen LogP contribution in [0.3, 0.4) is 0 Å². The van der Waals surface area contributed by atoms with E-state index in [1.165, 1.54) is 0 Å². The molecule has 0 saturated carbocycles. The number of hydrogen-bond donors (Lipinski definition) is 0. The molecule has 0 amide bonds. The van der Waals surface area contributed by atoms with Crippen molar-refractivity contribution in [2.24, 2.45) is 0 Å². The zero-order valence-corrected chi connectivity index (χ0v) is 12.9. The molecule has 18 heavy (non-hydrogen) atoms. The van der Waals surface area contributed by atoms with Crippen LogP contribution in [0.25, 0.3) is 0 Å². The molecule has 0 atom stereocenters. The van der Waals surface area contributed by atoms with Gasteiger partial charge in [0, 0.05) is 35.2 Å². The maximum Gasteiger partial charge on any atom is 0.0465 e. The Bertz CT molecular complexity index is 345. The molecule has 0 aliphatic heterocycles. The lowest BCUT2D eigenvalue weighted by Crippen LogP contribution is -2.32. The Hall–Kier alpha value is -0.280. The summed E-state index contributed by atoms with van der Waals surface area (Å²) in [5.41, 5.74) is 1.02. The molecule has 0 unspecified atom stereocenters. The van der Waals surface area contributed by atoms with Crippen LogP contribution in [0.1, 0.15) is 19.4 Å². The second kappa shape index (κ2) is 8.00. The van der Waals surface area contributed by atoms with E-state index in [-0.39, 0.29) is 0 Å². The molecule has 0 aromatic heterocycles. The monoisotopic (exact) mass is 288 g/mol. The molecule has 1 aromatic rings. The lowest BCUT2D eigenvalue weighted by Gasteiger charge is -2.23. The first-order valence-electron chi connectivity index (χ1n) is 6.42. The zero-order chi connectivity index (χ0) is 13.5. The normalized spacial score (nSPS) is 11.5. The van der Waals surface area contributed by atoms with Crippen LogP contribution in [0.5, 0.6) is 0 Å². The Balaban J connectivity index is 2.52. The summed E-state index contributed by atoms with van der Waals surface area (Å²) in [7, 11) is 2.10. The minimum Gasteiger partial charge on any atom is -0.303 e. The average Bonchev–Trinajstić information content (AvgIpc) is 2.35. The van der Waals surface area contributed by atoms with E-state index in [2.05, 4.69) is 30.7 Å². The van der Waals surface area contributed by atoms with E-state index in [9.17, 15) is 0 Å². The number of rotatable bonds is 7. The van der Waals surface area contributed by atoms with Gasteiger partial charge < -0.3 is 9.80 Å². The Labute approximate surface area is 120 Å². The molecule has 0 radical (unpaired) electrons. The van der Waals surface area contributed by atoms with Crippen LogP contribution in [0.2, 0.25) is 10.0 Å². The molecule has 4 heteroatoms. The minimum absolute atomic E-state index is 0.747. The maximum atomic E-state index is 6.17. The summed E-state index contributed by atoms with van der Waals surface area (Å²) < 4.78 is 0. The van der Waals surface area contributed by atoms with Crippen LogP contribution in [0.15, 0.2) is 18.2 Å². The SMILES string of the molecule is CCN(CC)CCN(C)Cc1c(Cl)cccc1Cl. The smallest absolute Gasteiger partial charge is 0.0465 e. The first-order chi connectivity index (χ1) is 8.58. The second-order valence-corrected chi connectivity index (χ2v) is 5.28. The summed E-state index contributed by atoms with van der Waals surface area (Å²) >= 11 is 12.3. The van der Waals surface area contributed by atoms with Crippen LogP contribution in [-0.2, 0) is 6.54 Å². The number of hydrogen-bond acceptors (Lipinski definition) is 2. The molecule has 0 spiro atoms. The molecular formula is C14H22Cl2N2. The summed E-state index contributed by atoms with van der Waals surface area (Å²) in [6, 6.07) is 5.66. The van der Waals surface area contributed by atoms with Crippen molar-refractivity contribution in [1.29, 1.82) is 0 Å². The van der Waals surface area contributed by atoms with E-state index in [0.29, 0.717) is 0 Å². The fourth-order valence-corrected chi connectivity index (χ4v) is 2.40. The largest absolute Gasteiger partial charge is 0.303 e. The van der Waals surface area contributed by atoms with Crippen molar-refractivity contribution in [2.45, 2.75) is 20.4 Å². The Morgan fingerprint density at radius 3 is 2.06 bits per heavy atom. The Morgan fingerprint density at radius 2 is 1.56 bits per heavy atom. The highest BCUT2D eigenvalue weighted by atomic mass is 35.5. The molecule has 1 aromatic carbocycles. The van der Waals surface area contributed by atoms with Crippen molar-refractivity contribution in [1.82, 2.24) is 9.80 Å². The second-order valence-electron chi connectivity index (χ2n) is 4.46. The van der Waals surface area contributed by atoms with Crippen LogP contribution >= 0.6 is 23.2 Å². The van der Waals surface area contributed by atoms with Crippen molar-refractivity contribution in [3.05, 3.63) is 33.8 Å². The number of nitrogens with zero attached hydrogens (tertiary/aromatic N) is 2. The Kier molecular flexibility index (Phi) is 7.02. The molecule has 0 aliphatic rings. The molecule has 0 bridgehead atoms. The van der Waals surface area contributed by atoms with Gasteiger partial charge in [-0.3, -0.25) is 0 Å². The van der Waals surface area contributed by atoms with Gasteiger partial charge in [-0.1, -0.05) is 43.1 Å². The van der Waals surface area contributed by atoms with Gasteiger partial charge in [-0.15, -0.1) is 0 Å². The molecule has 1 rings (SSSR count). The van der Waals surface area contributed by atoms with Gasteiger partial charge in [-0.25, -0.2) is 0 Å². The van der Waals surface area contributed by atoms with E-state index in [0.717, 1.165) is 48.3 Å². The predicted molar refractivity (Wildman–Crippen MR) is 80.6 cm³/mol. The molecule has 2 nitrogen and oxygen atoms in total. The third-order valence-electron chi connectivity index (χ3n) is 3.18. The van der Waals surface area contributed by atoms with Gasteiger partial charge in [0.25, 0.3) is 0 Å². The lowest BCUT2D eigenvalue weighted by atomic mass is 10.2. The van der Waals surface area contributed by atoms with Gasteiger partial charge in [0.1, 0.15) is 0 Å². The van der Waals surface area contributed by atoms with Gasteiger partial charge in [-0.2, -0.15) is 0 Å². The van der Waals surface area contributed by atoms with Crippen molar-refractivity contribution < 1.29 is 0 Å². The number of likely N-dealkylation sites (N-methyl/N-ethyl adjacent to an activating group) is 2. The molecular weight excluding hydrogens is 267 g/mol. The highest BCUT2D eigenvalue weighted by Crippen LogP contribution is 2.25. The van der Waals surface area contributed by atoms with Gasteiger partial charge in [0.2, 0.25) is 0 Å². The van der Waals surface area contributed by atoms with E-state index < -0.39 is 0 Å². The van der Waals surface area contributed by atoms with Crippen LogP contribution in [0.4, 0.5) is 0 Å². The van der Waals surface area contributed by atoms with Crippen LogP contribution < -0.4 is 0 Å². The zero-order valence-electron chi connectivity index (χ0n) is 11.4. The van der Waals surface area contributed by atoms with E-state index in [1.54, 1.807) is 0 Å². The molecule has 0 heterocycles. The molecule has 0 saturated heterocycles. The van der Waals surface area contributed by atoms with Gasteiger partial charge >= 0.3 is 0 Å². The number of benzene rings is 1. The van der Waals surface area contributed by atoms with E-state index >= 15 is 0 Å². The predicted octanol–water partition coefficient (Wildman–Crippen LogP) is 3.77. The number of halogens is 2. The summed E-state index contributed by atoms with van der Waals surface area (Å²) in [4.78, 5) is 4.66.